The zero-order valence-corrected chi connectivity index (χ0v) is 19.5. The minimum Gasteiger partial charge on any atom is -0.490 e. The van der Waals surface area contributed by atoms with Crippen LogP contribution in [0.4, 0.5) is 5.69 Å². The number of nitrogens with zero attached hydrogens (tertiary/aromatic N) is 1. The molecule has 0 aromatic heterocycles. The number of carbonyl (C=O) groups excluding carboxylic acids is 2. The second-order valence-electron chi connectivity index (χ2n) is 7.26. The SMILES string of the molecule is CCOc1cc(C=NNC(=O)CCC(=O)Nc2ccccc2)ccc1OCc1ccc(Cl)cc1. The standard InChI is InChI=1S/C26H26ClN3O4/c1-2-33-24-16-20(10-13-23(24)34-18-19-8-11-21(27)12-9-19)17-28-30-26(32)15-14-25(31)29-22-6-4-3-5-7-22/h3-13,16-17H,2,14-15,18H2,1H3,(H,29,31)(H,30,32). The third kappa shape index (κ3) is 8.26. The van der Waals surface area contributed by atoms with E-state index in [4.69, 9.17) is 21.1 Å². The molecular weight excluding hydrogens is 454 g/mol. The number of hydrazone groups is 1. The average molecular weight is 480 g/mol. The van der Waals surface area contributed by atoms with E-state index in [9.17, 15) is 9.59 Å². The fraction of sp³-hybridized carbons (Fsp3) is 0.192. The molecule has 0 atom stereocenters. The molecule has 0 spiro atoms. The molecule has 0 aliphatic rings. The summed E-state index contributed by atoms with van der Waals surface area (Å²) in [6.07, 6.45) is 1.59. The lowest BCUT2D eigenvalue weighted by Crippen LogP contribution is -2.20. The van der Waals surface area contributed by atoms with Crippen LogP contribution in [0.5, 0.6) is 11.5 Å². The number of benzene rings is 3. The van der Waals surface area contributed by atoms with Gasteiger partial charge in [-0.2, -0.15) is 5.10 Å². The molecule has 176 valence electrons. The second kappa shape index (κ2) is 13.0. The van der Waals surface area contributed by atoms with Crippen LogP contribution in [0.15, 0.2) is 77.9 Å². The van der Waals surface area contributed by atoms with Crippen LogP contribution in [0.25, 0.3) is 0 Å². The highest BCUT2D eigenvalue weighted by atomic mass is 35.5. The summed E-state index contributed by atoms with van der Waals surface area (Å²) < 4.78 is 11.6. The van der Waals surface area contributed by atoms with Gasteiger partial charge in [0, 0.05) is 23.6 Å². The molecule has 0 bridgehead atoms. The zero-order chi connectivity index (χ0) is 24.2. The van der Waals surface area contributed by atoms with Gasteiger partial charge in [-0.1, -0.05) is 41.9 Å². The third-order valence-corrected chi connectivity index (χ3v) is 4.87. The van der Waals surface area contributed by atoms with Crippen molar-refractivity contribution in [2.75, 3.05) is 11.9 Å². The summed E-state index contributed by atoms with van der Waals surface area (Å²) in [6, 6.07) is 21.9. The topological polar surface area (TPSA) is 89.0 Å². The molecule has 0 aliphatic carbocycles. The van der Waals surface area contributed by atoms with Gasteiger partial charge in [-0.25, -0.2) is 5.43 Å². The van der Waals surface area contributed by atoms with Gasteiger partial charge in [0.25, 0.3) is 0 Å². The molecule has 0 radical (unpaired) electrons. The minimum absolute atomic E-state index is 0.0255. The first-order valence-electron chi connectivity index (χ1n) is 10.8. The Bertz CT molecular complexity index is 1120. The van der Waals surface area contributed by atoms with Gasteiger partial charge >= 0.3 is 0 Å². The van der Waals surface area contributed by atoms with Crippen molar-refractivity contribution < 1.29 is 19.1 Å². The third-order valence-electron chi connectivity index (χ3n) is 4.61. The predicted octanol–water partition coefficient (Wildman–Crippen LogP) is 5.19. The summed E-state index contributed by atoms with van der Waals surface area (Å²) in [7, 11) is 0. The van der Waals surface area contributed by atoms with Gasteiger partial charge in [0.1, 0.15) is 6.61 Å². The molecule has 0 saturated carbocycles. The van der Waals surface area contributed by atoms with E-state index in [1.54, 1.807) is 24.3 Å². The second-order valence-corrected chi connectivity index (χ2v) is 7.70. The lowest BCUT2D eigenvalue weighted by Gasteiger charge is -2.12. The lowest BCUT2D eigenvalue weighted by molar-refractivity contribution is -0.124. The van der Waals surface area contributed by atoms with E-state index >= 15 is 0 Å². The van der Waals surface area contributed by atoms with Crippen LogP contribution in [0.3, 0.4) is 0 Å². The van der Waals surface area contributed by atoms with Gasteiger partial charge in [0.05, 0.1) is 12.8 Å². The monoisotopic (exact) mass is 479 g/mol. The van der Waals surface area contributed by atoms with Crippen molar-refractivity contribution in [1.29, 1.82) is 0 Å². The highest BCUT2D eigenvalue weighted by Gasteiger charge is 2.08. The Labute approximate surface area is 203 Å². The molecule has 3 aromatic rings. The summed E-state index contributed by atoms with van der Waals surface area (Å²) in [4.78, 5) is 23.9. The smallest absolute Gasteiger partial charge is 0.240 e. The fourth-order valence-corrected chi connectivity index (χ4v) is 3.07. The van der Waals surface area contributed by atoms with E-state index < -0.39 is 0 Å². The molecule has 34 heavy (non-hydrogen) atoms. The number of anilines is 1. The Morgan fingerprint density at radius 1 is 0.912 bits per heavy atom. The number of halogens is 1. The Morgan fingerprint density at radius 2 is 1.65 bits per heavy atom. The van der Waals surface area contributed by atoms with Gasteiger partial charge in [0.15, 0.2) is 11.5 Å². The van der Waals surface area contributed by atoms with Crippen LogP contribution in [0, 0.1) is 0 Å². The molecule has 0 unspecified atom stereocenters. The molecule has 0 aliphatic heterocycles. The molecule has 0 saturated heterocycles. The van der Waals surface area contributed by atoms with Crippen molar-refractivity contribution >= 4 is 35.3 Å². The largest absolute Gasteiger partial charge is 0.490 e. The molecule has 2 amide bonds. The van der Waals surface area contributed by atoms with Crippen molar-refractivity contribution in [3.05, 3.63) is 88.9 Å². The van der Waals surface area contributed by atoms with E-state index in [1.807, 2.05) is 55.5 Å². The quantitative estimate of drug-likeness (QED) is 0.292. The molecule has 0 heterocycles. The highest BCUT2D eigenvalue weighted by molar-refractivity contribution is 6.30. The summed E-state index contributed by atoms with van der Waals surface area (Å²) >= 11 is 5.92. The van der Waals surface area contributed by atoms with Gasteiger partial charge < -0.3 is 14.8 Å². The Kier molecular flexibility index (Phi) is 9.49. The van der Waals surface area contributed by atoms with Gasteiger partial charge in [-0.15, -0.1) is 0 Å². The highest BCUT2D eigenvalue weighted by Crippen LogP contribution is 2.29. The molecule has 7 nitrogen and oxygen atoms in total. The number of para-hydroxylation sites is 1. The fourth-order valence-electron chi connectivity index (χ4n) is 2.94. The molecule has 8 heteroatoms. The summed E-state index contributed by atoms with van der Waals surface area (Å²) in [6.45, 7) is 2.73. The summed E-state index contributed by atoms with van der Waals surface area (Å²) in [5, 5.41) is 7.38. The summed E-state index contributed by atoms with van der Waals surface area (Å²) in [5.41, 5.74) is 4.84. The molecule has 0 fully saturated rings. The number of amides is 2. The van der Waals surface area contributed by atoms with Crippen molar-refractivity contribution in [1.82, 2.24) is 5.43 Å². The van der Waals surface area contributed by atoms with Crippen LogP contribution in [-0.2, 0) is 16.2 Å². The van der Waals surface area contributed by atoms with Crippen LogP contribution in [-0.4, -0.2) is 24.6 Å². The number of hydrogen-bond donors (Lipinski definition) is 2. The average Bonchev–Trinajstić information content (AvgIpc) is 2.84. The molecule has 2 N–H and O–H groups in total. The van der Waals surface area contributed by atoms with E-state index in [-0.39, 0.29) is 24.7 Å². The van der Waals surface area contributed by atoms with Crippen LogP contribution >= 0.6 is 11.6 Å². The predicted molar refractivity (Wildman–Crippen MR) is 133 cm³/mol. The zero-order valence-electron chi connectivity index (χ0n) is 18.8. The van der Waals surface area contributed by atoms with Gasteiger partial charge in [0.2, 0.25) is 11.8 Å². The molecular formula is C26H26ClN3O4. The minimum atomic E-state index is -0.354. The van der Waals surface area contributed by atoms with Crippen molar-refractivity contribution in [3.8, 4) is 11.5 Å². The van der Waals surface area contributed by atoms with Gasteiger partial charge in [-0.3, -0.25) is 9.59 Å². The Balaban J connectivity index is 1.49. The van der Waals surface area contributed by atoms with E-state index in [2.05, 4.69) is 15.8 Å². The maximum Gasteiger partial charge on any atom is 0.240 e. The lowest BCUT2D eigenvalue weighted by atomic mass is 10.2. The van der Waals surface area contributed by atoms with Crippen molar-refractivity contribution in [2.45, 2.75) is 26.4 Å². The van der Waals surface area contributed by atoms with Gasteiger partial charge in [-0.05, 0) is 60.5 Å². The summed E-state index contributed by atoms with van der Waals surface area (Å²) in [5.74, 6) is 0.583. The first-order chi connectivity index (χ1) is 16.5. The maximum absolute atomic E-state index is 12.0. The normalized spacial score (nSPS) is 10.6. The molecule has 3 aromatic carbocycles. The van der Waals surface area contributed by atoms with E-state index in [1.165, 1.54) is 6.21 Å². The van der Waals surface area contributed by atoms with Crippen LogP contribution < -0.4 is 20.2 Å². The maximum atomic E-state index is 12.0. The van der Waals surface area contributed by atoms with E-state index in [0.717, 1.165) is 11.1 Å². The number of carbonyl (C=O) groups is 2. The van der Waals surface area contributed by atoms with Crippen LogP contribution in [0.1, 0.15) is 30.9 Å². The van der Waals surface area contributed by atoms with E-state index in [0.29, 0.717) is 35.4 Å². The Hall–Kier alpha value is -3.84. The number of hydrogen-bond acceptors (Lipinski definition) is 5. The molecule has 3 rings (SSSR count). The number of rotatable bonds is 11. The van der Waals surface area contributed by atoms with Crippen molar-refractivity contribution in [2.24, 2.45) is 5.10 Å². The van der Waals surface area contributed by atoms with Crippen LogP contribution in [0.2, 0.25) is 5.02 Å². The first kappa shape index (κ1) is 24.8. The number of ether oxygens (including phenoxy) is 2. The Morgan fingerprint density at radius 3 is 2.38 bits per heavy atom. The first-order valence-corrected chi connectivity index (χ1v) is 11.2. The van der Waals surface area contributed by atoms with Crippen molar-refractivity contribution in [3.63, 3.8) is 0 Å². The number of nitrogens with one attached hydrogen (secondary N) is 2.